The monoisotopic (exact) mass is 375 g/mol. The summed E-state index contributed by atoms with van der Waals surface area (Å²) >= 11 is 7.16. The van der Waals surface area contributed by atoms with Gasteiger partial charge in [0.1, 0.15) is 0 Å². The summed E-state index contributed by atoms with van der Waals surface area (Å²) in [4.78, 5) is 2.43. The standard InChI is InChI=1S/C15H23Br2N/c1-4-15(5-2,11-16)12-18(3)10-13-6-8-14(17)9-7-13/h6-9H,4-5,10-12H2,1-3H3. The molecule has 18 heavy (non-hydrogen) atoms. The minimum absolute atomic E-state index is 0.407. The third-order valence-corrected chi connectivity index (χ3v) is 5.47. The van der Waals surface area contributed by atoms with Crippen LogP contribution in [0.4, 0.5) is 0 Å². The van der Waals surface area contributed by atoms with Gasteiger partial charge in [-0.1, -0.05) is 57.8 Å². The van der Waals surface area contributed by atoms with E-state index in [0.29, 0.717) is 5.41 Å². The maximum Gasteiger partial charge on any atom is 0.0230 e. The second kappa shape index (κ2) is 7.66. The highest BCUT2D eigenvalue weighted by atomic mass is 79.9. The molecule has 0 saturated carbocycles. The molecule has 0 atom stereocenters. The van der Waals surface area contributed by atoms with E-state index in [-0.39, 0.29) is 0 Å². The molecule has 0 aromatic heterocycles. The number of halogens is 2. The van der Waals surface area contributed by atoms with Gasteiger partial charge in [-0.3, -0.25) is 0 Å². The Balaban J connectivity index is 2.60. The fraction of sp³-hybridized carbons (Fsp3) is 0.600. The van der Waals surface area contributed by atoms with E-state index in [1.165, 1.54) is 18.4 Å². The summed E-state index contributed by atoms with van der Waals surface area (Å²) in [7, 11) is 2.21. The maximum atomic E-state index is 3.68. The number of rotatable bonds is 7. The SMILES string of the molecule is CCC(CC)(CBr)CN(C)Cc1ccc(Br)cc1. The van der Waals surface area contributed by atoms with Crippen LogP contribution in [0.15, 0.2) is 28.7 Å². The normalized spacial score (nSPS) is 12.1. The maximum absolute atomic E-state index is 3.68. The summed E-state index contributed by atoms with van der Waals surface area (Å²) in [5, 5.41) is 1.08. The Morgan fingerprint density at radius 3 is 2.11 bits per heavy atom. The first-order chi connectivity index (χ1) is 8.55. The average molecular weight is 377 g/mol. The van der Waals surface area contributed by atoms with Crippen molar-refractivity contribution in [2.45, 2.75) is 33.2 Å². The lowest BCUT2D eigenvalue weighted by Gasteiger charge is -2.34. The Labute approximate surface area is 128 Å². The van der Waals surface area contributed by atoms with Crippen molar-refractivity contribution in [3.63, 3.8) is 0 Å². The predicted octanol–water partition coefficient (Wildman–Crippen LogP) is 5.08. The molecule has 0 heterocycles. The van der Waals surface area contributed by atoms with E-state index in [4.69, 9.17) is 0 Å². The van der Waals surface area contributed by atoms with E-state index in [1.54, 1.807) is 0 Å². The second-order valence-electron chi connectivity index (χ2n) is 5.14. The lowest BCUT2D eigenvalue weighted by atomic mass is 9.84. The second-order valence-corrected chi connectivity index (χ2v) is 6.62. The molecule has 0 saturated heterocycles. The average Bonchev–Trinajstić information content (AvgIpc) is 2.39. The number of hydrogen-bond acceptors (Lipinski definition) is 1. The van der Waals surface area contributed by atoms with Crippen molar-refractivity contribution >= 4 is 31.9 Å². The van der Waals surface area contributed by atoms with Crippen LogP contribution >= 0.6 is 31.9 Å². The summed E-state index contributed by atoms with van der Waals surface area (Å²) in [6.07, 6.45) is 2.44. The van der Waals surface area contributed by atoms with Gasteiger partial charge in [-0.15, -0.1) is 0 Å². The largest absolute Gasteiger partial charge is 0.302 e. The van der Waals surface area contributed by atoms with E-state index in [0.717, 1.165) is 22.9 Å². The minimum atomic E-state index is 0.407. The van der Waals surface area contributed by atoms with Crippen LogP contribution in [0.1, 0.15) is 32.3 Å². The molecule has 1 aromatic carbocycles. The molecule has 0 N–H and O–H groups in total. The first-order valence-electron chi connectivity index (χ1n) is 6.54. The van der Waals surface area contributed by atoms with Crippen molar-refractivity contribution in [3.8, 4) is 0 Å². The molecule has 0 radical (unpaired) electrons. The molecule has 0 aliphatic heterocycles. The van der Waals surface area contributed by atoms with Gasteiger partial charge in [0.25, 0.3) is 0 Å². The van der Waals surface area contributed by atoms with Crippen LogP contribution in [-0.4, -0.2) is 23.8 Å². The van der Waals surface area contributed by atoms with Gasteiger partial charge in [-0.2, -0.15) is 0 Å². The highest BCUT2D eigenvalue weighted by molar-refractivity contribution is 9.10. The first-order valence-corrected chi connectivity index (χ1v) is 8.45. The molecule has 0 fully saturated rings. The van der Waals surface area contributed by atoms with E-state index >= 15 is 0 Å². The van der Waals surface area contributed by atoms with Crippen molar-refractivity contribution in [2.24, 2.45) is 5.41 Å². The Kier molecular flexibility index (Phi) is 6.89. The van der Waals surface area contributed by atoms with Gasteiger partial charge < -0.3 is 4.90 Å². The van der Waals surface area contributed by atoms with Crippen LogP contribution in [0.5, 0.6) is 0 Å². The fourth-order valence-corrected chi connectivity index (χ4v) is 3.47. The predicted molar refractivity (Wildman–Crippen MR) is 87.3 cm³/mol. The number of nitrogens with zero attached hydrogens (tertiary/aromatic N) is 1. The van der Waals surface area contributed by atoms with Gasteiger partial charge in [0, 0.05) is 22.9 Å². The van der Waals surface area contributed by atoms with E-state index < -0.39 is 0 Å². The topological polar surface area (TPSA) is 3.24 Å². The number of benzene rings is 1. The summed E-state index contributed by atoms with van der Waals surface area (Å²) in [6, 6.07) is 8.60. The summed E-state index contributed by atoms with van der Waals surface area (Å²) < 4.78 is 1.14. The summed E-state index contributed by atoms with van der Waals surface area (Å²) in [5.74, 6) is 0. The molecule has 0 unspecified atom stereocenters. The molecule has 0 aliphatic rings. The molecule has 0 bridgehead atoms. The molecular formula is C15H23Br2N. The Hall–Kier alpha value is 0.140. The van der Waals surface area contributed by atoms with Crippen LogP contribution in [-0.2, 0) is 6.54 Å². The molecule has 0 aliphatic carbocycles. The van der Waals surface area contributed by atoms with Gasteiger partial charge in [0.05, 0.1) is 0 Å². The van der Waals surface area contributed by atoms with Crippen LogP contribution < -0.4 is 0 Å². The molecular weight excluding hydrogens is 354 g/mol. The van der Waals surface area contributed by atoms with Crippen LogP contribution in [0, 0.1) is 5.41 Å². The lowest BCUT2D eigenvalue weighted by Crippen LogP contribution is -2.35. The molecule has 1 nitrogen and oxygen atoms in total. The summed E-state index contributed by atoms with van der Waals surface area (Å²) in [6.45, 7) is 6.74. The third kappa shape index (κ3) is 4.67. The highest BCUT2D eigenvalue weighted by Gasteiger charge is 2.26. The minimum Gasteiger partial charge on any atom is -0.302 e. The zero-order chi connectivity index (χ0) is 13.6. The van der Waals surface area contributed by atoms with Gasteiger partial charge in [0.15, 0.2) is 0 Å². The lowest BCUT2D eigenvalue weighted by molar-refractivity contribution is 0.180. The molecule has 0 spiro atoms. The van der Waals surface area contributed by atoms with Gasteiger partial charge in [0.2, 0.25) is 0 Å². The highest BCUT2D eigenvalue weighted by Crippen LogP contribution is 2.30. The Morgan fingerprint density at radius 2 is 1.67 bits per heavy atom. The third-order valence-electron chi connectivity index (χ3n) is 3.75. The van der Waals surface area contributed by atoms with Crippen molar-refractivity contribution in [1.29, 1.82) is 0 Å². The number of alkyl halides is 1. The van der Waals surface area contributed by atoms with Crippen LogP contribution in [0.2, 0.25) is 0 Å². The van der Waals surface area contributed by atoms with Crippen molar-refractivity contribution in [2.75, 3.05) is 18.9 Å². The van der Waals surface area contributed by atoms with Crippen LogP contribution in [0.25, 0.3) is 0 Å². The van der Waals surface area contributed by atoms with Gasteiger partial charge in [-0.25, -0.2) is 0 Å². The van der Waals surface area contributed by atoms with Crippen molar-refractivity contribution in [3.05, 3.63) is 34.3 Å². The van der Waals surface area contributed by atoms with Crippen molar-refractivity contribution < 1.29 is 0 Å². The summed E-state index contributed by atoms with van der Waals surface area (Å²) in [5.41, 5.74) is 1.78. The van der Waals surface area contributed by atoms with E-state index in [1.807, 2.05) is 0 Å². The molecule has 1 rings (SSSR count). The smallest absolute Gasteiger partial charge is 0.0230 e. The zero-order valence-corrected chi connectivity index (χ0v) is 14.7. The van der Waals surface area contributed by atoms with E-state index in [9.17, 15) is 0 Å². The van der Waals surface area contributed by atoms with Crippen LogP contribution in [0.3, 0.4) is 0 Å². The zero-order valence-electron chi connectivity index (χ0n) is 11.5. The molecule has 0 amide bonds. The Morgan fingerprint density at radius 1 is 1.11 bits per heavy atom. The van der Waals surface area contributed by atoms with Gasteiger partial charge >= 0.3 is 0 Å². The number of hydrogen-bond donors (Lipinski definition) is 0. The molecule has 102 valence electrons. The van der Waals surface area contributed by atoms with Gasteiger partial charge in [-0.05, 0) is 43.0 Å². The quantitative estimate of drug-likeness (QED) is 0.599. The fourth-order valence-electron chi connectivity index (χ4n) is 2.23. The Bertz CT molecular complexity index is 336. The molecule has 1 aromatic rings. The van der Waals surface area contributed by atoms with Crippen molar-refractivity contribution in [1.82, 2.24) is 4.90 Å². The van der Waals surface area contributed by atoms with E-state index in [2.05, 4.69) is 81.9 Å². The molecule has 3 heteroatoms. The first kappa shape index (κ1) is 16.2.